The Morgan fingerprint density at radius 3 is 2.64 bits per heavy atom. The van der Waals surface area contributed by atoms with Crippen molar-refractivity contribution < 1.29 is 4.79 Å². The molecule has 1 N–H and O–H groups in total. The van der Waals surface area contributed by atoms with Gasteiger partial charge in [0, 0.05) is 24.3 Å². The normalized spacial score (nSPS) is 12.2. The van der Waals surface area contributed by atoms with Gasteiger partial charge in [0.1, 0.15) is 5.15 Å². The van der Waals surface area contributed by atoms with E-state index >= 15 is 0 Å². The van der Waals surface area contributed by atoms with Crippen LogP contribution in [-0.4, -0.2) is 42.5 Å². The number of benzene rings is 1. The molecule has 4 nitrogen and oxygen atoms in total. The van der Waals surface area contributed by atoms with Crippen LogP contribution in [0, 0.1) is 0 Å². The third-order valence-electron chi connectivity index (χ3n) is 3.53. The third-order valence-corrected chi connectivity index (χ3v) is 3.74. The SMILES string of the molecule is CN(C)[C@H](CNC(=O)c1ccnc(Cl)c1)Cc1ccccc1. The van der Waals surface area contributed by atoms with Crippen molar-refractivity contribution in [2.45, 2.75) is 12.5 Å². The fraction of sp³-hybridized carbons (Fsp3) is 0.294. The number of hydrogen-bond acceptors (Lipinski definition) is 3. The fourth-order valence-electron chi connectivity index (χ4n) is 2.18. The second-order valence-electron chi connectivity index (χ2n) is 5.38. The summed E-state index contributed by atoms with van der Waals surface area (Å²) in [5.74, 6) is -0.135. The van der Waals surface area contributed by atoms with Crippen molar-refractivity contribution in [3.63, 3.8) is 0 Å². The van der Waals surface area contributed by atoms with Crippen molar-refractivity contribution in [1.29, 1.82) is 0 Å². The lowest BCUT2D eigenvalue weighted by Gasteiger charge is -2.24. The van der Waals surface area contributed by atoms with Gasteiger partial charge in [-0.1, -0.05) is 41.9 Å². The second kappa shape index (κ2) is 7.92. The number of pyridine rings is 1. The van der Waals surface area contributed by atoms with E-state index in [9.17, 15) is 4.79 Å². The number of carbonyl (C=O) groups is 1. The summed E-state index contributed by atoms with van der Waals surface area (Å²) in [5, 5.41) is 3.28. The van der Waals surface area contributed by atoms with Crippen LogP contribution in [0.2, 0.25) is 5.15 Å². The first kappa shape index (κ1) is 16.5. The maximum Gasteiger partial charge on any atom is 0.251 e. The number of rotatable bonds is 6. The minimum absolute atomic E-state index is 0.135. The Labute approximate surface area is 136 Å². The molecule has 1 atom stereocenters. The molecule has 1 aromatic carbocycles. The van der Waals surface area contributed by atoms with Gasteiger partial charge in [0.2, 0.25) is 0 Å². The van der Waals surface area contributed by atoms with Crippen LogP contribution in [0.5, 0.6) is 0 Å². The highest BCUT2D eigenvalue weighted by Gasteiger charge is 2.14. The zero-order valence-corrected chi connectivity index (χ0v) is 13.5. The Balaban J connectivity index is 1.96. The Morgan fingerprint density at radius 2 is 2.00 bits per heavy atom. The van der Waals surface area contributed by atoms with Crippen LogP contribution in [-0.2, 0) is 6.42 Å². The molecule has 0 radical (unpaired) electrons. The van der Waals surface area contributed by atoms with Gasteiger partial charge in [-0.15, -0.1) is 0 Å². The number of amides is 1. The summed E-state index contributed by atoms with van der Waals surface area (Å²) in [6.07, 6.45) is 2.41. The van der Waals surface area contributed by atoms with Crippen LogP contribution < -0.4 is 5.32 Å². The van der Waals surface area contributed by atoms with E-state index in [1.165, 1.54) is 11.8 Å². The molecule has 2 rings (SSSR count). The number of halogens is 1. The molecule has 0 aliphatic carbocycles. The Hall–Kier alpha value is -1.91. The number of nitrogens with zero attached hydrogens (tertiary/aromatic N) is 2. The number of carbonyl (C=O) groups excluding carboxylic acids is 1. The van der Waals surface area contributed by atoms with E-state index in [0.717, 1.165) is 6.42 Å². The predicted molar refractivity (Wildman–Crippen MR) is 89.2 cm³/mol. The van der Waals surface area contributed by atoms with Gasteiger partial charge in [0.05, 0.1) is 0 Å². The molecule has 1 heterocycles. The molecule has 5 heteroatoms. The standard InChI is InChI=1S/C17H20ClN3O/c1-21(2)15(10-13-6-4-3-5-7-13)12-20-17(22)14-8-9-19-16(18)11-14/h3-9,11,15H,10,12H2,1-2H3,(H,20,22)/t15-/m0/s1. The number of nitrogens with one attached hydrogen (secondary N) is 1. The second-order valence-corrected chi connectivity index (χ2v) is 5.77. The minimum Gasteiger partial charge on any atom is -0.350 e. The van der Waals surface area contributed by atoms with E-state index in [4.69, 9.17) is 11.6 Å². The monoisotopic (exact) mass is 317 g/mol. The highest BCUT2D eigenvalue weighted by molar-refractivity contribution is 6.29. The van der Waals surface area contributed by atoms with Gasteiger partial charge in [0.15, 0.2) is 0 Å². The van der Waals surface area contributed by atoms with Gasteiger partial charge in [-0.3, -0.25) is 4.79 Å². The Kier molecular flexibility index (Phi) is 5.92. The molecule has 1 aromatic heterocycles. The van der Waals surface area contributed by atoms with E-state index in [1.807, 2.05) is 32.3 Å². The van der Waals surface area contributed by atoms with Crippen LogP contribution in [0.15, 0.2) is 48.7 Å². The number of likely N-dealkylation sites (N-methyl/N-ethyl adjacent to an activating group) is 1. The largest absolute Gasteiger partial charge is 0.350 e. The molecule has 0 unspecified atom stereocenters. The Bertz CT molecular complexity index is 616. The molecule has 0 aliphatic heterocycles. The quantitative estimate of drug-likeness (QED) is 0.833. The van der Waals surface area contributed by atoms with Gasteiger partial charge in [0.25, 0.3) is 5.91 Å². The zero-order valence-electron chi connectivity index (χ0n) is 12.8. The van der Waals surface area contributed by atoms with E-state index in [1.54, 1.807) is 12.1 Å². The Morgan fingerprint density at radius 1 is 1.27 bits per heavy atom. The van der Waals surface area contributed by atoms with Crippen LogP contribution in [0.4, 0.5) is 0 Å². The van der Waals surface area contributed by atoms with Crippen molar-refractivity contribution in [2.75, 3.05) is 20.6 Å². The summed E-state index contributed by atoms with van der Waals surface area (Å²) in [4.78, 5) is 18.2. The highest BCUT2D eigenvalue weighted by atomic mass is 35.5. The predicted octanol–water partition coefficient (Wildman–Crippen LogP) is 2.64. The molecular formula is C17H20ClN3O. The number of aromatic nitrogens is 1. The first-order chi connectivity index (χ1) is 10.6. The molecule has 0 bridgehead atoms. The molecule has 22 heavy (non-hydrogen) atoms. The van der Waals surface area contributed by atoms with Gasteiger partial charge in [-0.25, -0.2) is 4.98 Å². The topological polar surface area (TPSA) is 45.2 Å². The van der Waals surface area contributed by atoms with Crippen LogP contribution in [0.3, 0.4) is 0 Å². The summed E-state index contributed by atoms with van der Waals surface area (Å²) < 4.78 is 0. The fourth-order valence-corrected chi connectivity index (χ4v) is 2.35. The van der Waals surface area contributed by atoms with Gasteiger partial charge < -0.3 is 10.2 Å². The van der Waals surface area contributed by atoms with E-state index in [0.29, 0.717) is 17.3 Å². The maximum absolute atomic E-state index is 12.2. The molecule has 0 spiro atoms. The van der Waals surface area contributed by atoms with Crippen molar-refractivity contribution in [3.8, 4) is 0 Å². The van der Waals surface area contributed by atoms with E-state index in [-0.39, 0.29) is 11.9 Å². The lowest BCUT2D eigenvalue weighted by molar-refractivity contribution is 0.0941. The van der Waals surface area contributed by atoms with Gasteiger partial charge in [-0.05, 0) is 38.2 Å². The van der Waals surface area contributed by atoms with Crippen LogP contribution in [0.25, 0.3) is 0 Å². The molecule has 1 amide bonds. The molecular weight excluding hydrogens is 298 g/mol. The minimum atomic E-state index is -0.135. The third kappa shape index (κ3) is 4.83. The molecule has 0 saturated carbocycles. The summed E-state index contributed by atoms with van der Waals surface area (Å²) in [7, 11) is 4.03. The molecule has 0 fully saturated rings. The maximum atomic E-state index is 12.2. The number of hydrogen-bond donors (Lipinski definition) is 1. The summed E-state index contributed by atoms with van der Waals surface area (Å²) in [5.41, 5.74) is 1.78. The van der Waals surface area contributed by atoms with Gasteiger partial charge in [-0.2, -0.15) is 0 Å². The van der Waals surface area contributed by atoms with Gasteiger partial charge >= 0.3 is 0 Å². The molecule has 116 valence electrons. The zero-order chi connectivity index (χ0) is 15.9. The van der Waals surface area contributed by atoms with Crippen molar-refractivity contribution in [3.05, 3.63) is 64.9 Å². The lowest BCUT2D eigenvalue weighted by Crippen LogP contribution is -2.41. The van der Waals surface area contributed by atoms with E-state index < -0.39 is 0 Å². The van der Waals surface area contributed by atoms with Crippen LogP contribution in [0.1, 0.15) is 15.9 Å². The van der Waals surface area contributed by atoms with Crippen molar-refractivity contribution >= 4 is 17.5 Å². The molecule has 0 aliphatic rings. The lowest BCUT2D eigenvalue weighted by atomic mass is 10.1. The van der Waals surface area contributed by atoms with Crippen molar-refractivity contribution in [2.24, 2.45) is 0 Å². The first-order valence-electron chi connectivity index (χ1n) is 7.16. The van der Waals surface area contributed by atoms with Crippen molar-refractivity contribution in [1.82, 2.24) is 15.2 Å². The highest BCUT2D eigenvalue weighted by Crippen LogP contribution is 2.08. The summed E-state index contributed by atoms with van der Waals surface area (Å²) >= 11 is 5.81. The molecule has 2 aromatic rings. The van der Waals surface area contributed by atoms with E-state index in [2.05, 4.69) is 27.3 Å². The van der Waals surface area contributed by atoms with Crippen LogP contribution >= 0.6 is 11.6 Å². The molecule has 0 saturated heterocycles. The first-order valence-corrected chi connectivity index (χ1v) is 7.54. The average Bonchev–Trinajstić information content (AvgIpc) is 2.51. The smallest absolute Gasteiger partial charge is 0.251 e. The average molecular weight is 318 g/mol. The summed E-state index contributed by atoms with van der Waals surface area (Å²) in [6.45, 7) is 0.570. The summed E-state index contributed by atoms with van der Waals surface area (Å²) in [6, 6.07) is 13.7.